The Morgan fingerprint density at radius 3 is 2.64 bits per heavy atom. The van der Waals surface area contributed by atoms with Crippen molar-refractivity contribution in [3.8, 4) is 11.5 Å². The molecule has 1 atom stereocenters. The average Bonchev–Trinajstić information content (AvgIpc) is 2.65. The third-order valence-electron chi connectivity index (χ3n) is 4.36. The first-order valence-corrected chi connectivity index (χ1v) is 9.56. The molecule has 25 heavy (non-hydrogen) atoms. The highest BCUT2D eigenvalue weighted by Crippen LogP contribution is 2.29. The van der Waals surface area contributed by atoms with E-state index in [9.17, 15) is 8.42 Å². The number of fused-ring (bicyclic) bond motifs is 1. The van der Waals surface area contributed by atoms with E-state index in [2.05, 4.69) is 16.1 Å². The Balaban J connectivity index is 1.77. The number of rotatable bonds is 6. The van der Waals surface area contributed by atoms with E-state index in [1.165, 1.54) is 31.9 Å². The Bertz CT molecular complexity index is 852. The van der Waals surface area contributed by atoms with Crippen molar-refractivity contribution in [2.24, 2.45) is 0 Å². The Morgan fingerprint density at radius 2 is 1.88 bits per heavy atom. The molecule has 0 spiro atoms. The van der Waals surface area contributed by atoms with Crippen molar-refractivity contribution in [2.75, 3.05) is 27.3 Å². The highest BCUT2D eigenvalue weighted by molar-refractivity contribution is 7.89. The second-order valence-electron chi connectivity index (χ2n) is 5.82. The lowest BCUT2D eigenvalue weighted by molar-refractivity contribution is 0.354. The third kappa shape index (κ3) is 3.78. The summed E-state index contributed by atoms with van der Waals surface area (Å²) >= 11 is 0. The minimum Gasteiger partial charge on any atom is -0.493 e. The van der Waals surface area contributed by atoms with E-state index >= 15 is 0 Å². The Labute approximate surface area is 148 Å². The molecule has 2 aromatic carbocycles. The Kier molecular flexibility index (Phi) is 5.27. The summed E-state index contributed by atoms with van der Waals surface area (Å²) in [4.78, 5) is 0.147. The first kappa shape index (κ1) is 17.7. The smallest absolute Gasteiger partial charge is 0.240 e. The second kappa shape index (κ2) is 7.43. The van der Waals surface area contributed by atoms with Gasteiger partial charge in [0, 0.05) is 18.7 Å². The molecule has 0 saturated carbocycles. The van der Waals surface area contributed by atoms with Gasteiger partial charge < -0.3 is 14.8 Å². The van der Waals surface area contributed by atoms with E-state index in [1.54, 1.807) is 6.07 Å². The molecular weight excluding hydrogens is 340 g/mol. The van der Waals surface area contributed by atoms with Crippen LogP contribution in [0.3, 0.4) is 0 Å². The maximum atomic E-state index is 12.6. The zero-order valence-corrected chi connectivity index (χ0v) is 15.1. The second-order valence-corrected chi connectivity index (χ2v) is 7.59. The van der Waals surface area contributed by atoms with Crippen LogP contribution in [0.5, 0.6) is 11.5 Å². The first-order chi connectivity index (χ1) is 12.0. The number of sulfonamides is 1. The highest BCUT2D eigenvalue weighted by Gasteiger charge is 2.23. The Hall–Kier alpha value is -2.09. The molecule has 1 unspecified atom stereocenters. The maximum absolute atomic E-state index is 12.6. The summed E-state index contributed by atoms with van der Waals surface area (Å²) < 4.78 is 38.3. The zero-order chi connectivity index (χ0) is 17.9. The minimum absolute atomic E-state index is 0.0418. The molecule has 2 N–H and O–H groups in total. The number of hydrogen-bond donors (Lipinski definition) is 2. The van der Waals surface area contributed by atoms with Gasteiger partial charge in [0.25, 0.3) is 0 Å². The van der Waals surface area contributed by atoms with Gasteiger partial charge in [-0.3, -0.25) is 0 Å². The largest absolute Gasteiger partial charge is 0.493 e. The van der Waals surface area contributed by atoms with Crippen LogP contribution in [-0.4, -0.2) is 35.7 Å². The van der Waals surface area contributed by atoms with Crippen LogP contribution in [0, 0.1) is 0 Å². The molecule has 1 aliphatic rings. The molecule has 0 saturated heterocycles. The van der Waals surface area contributed by atoms with E-state index < -0.39 is 10.0 Å². The standard InChI is InChI=1S/C18H22N2O4S/c1-23-17-8-7-14(11-18(17)24-2)25(21,22)20-12-16-15-6-4-3-5-13(15)9-10-19-16/h3-8,11,16,19-20H,9-10,12H2,1-2H3. The number of ether oxygens (including phenoxy) is 2. The van der Waals surface area contributed by atoms with Crippen LogP contribution < -0.4 is 19.5 Å². The lowest BCUT2D eigenvalue weighted by Gasteiger charge is -2.27. The van der Waals surface area contributed by atoms with Crippen molar-refractivity contribution in [2.45, 2.75) is 17.4 Å². The summed E-state index contributed by atoms with van der Waals surface area (Å²) in [5.74, 6) is 0.871. The van der Waals surface area contributed by atoms with Crippen LogP contribution >= 0.6 is 0 Å². The minimum atomic E-state index is -3.65. The average molecular weight is 362 g/mol. The molecule has 0 aromatic heterocycles. The summed E-state index contributed by atoms with van der Waals surface area (Å²) in [6, 6.07) is 12.6. The normalized spacial score (nSPS) is 17.0. The van der Waals surface area contributed by atoms with Crippen LogP contribution in [0.15, 0.2) is 47.4 Å². The van der Waals surface area contributed by atoms with Crippen molar-refractivity contribution in [1.29, 1.82) is 0 Å². The highest BCUT2D eigenvalue weighted by atomic mass is 32.2. The molecule has 0 fully saturated rings. The predicted molar refractivity (Wildman–Crippen MR) is 95.6 cm³/mol. The molecular formula is C18H22N2O4S. The molecule has 1 aliphatic heterocycles. The summed E-state index contributed by atoms with van der Waals surface area (Å²) in [5.41, 5.74) is 2.40. The van der Waals surface area contributed by atoms with Gasteiger partial charge in [-0.2, -0.15) is 0 Å². The van der Waals surface area contributed by atoms with Gasteiger partial charge >= 0.3 is 0 Å². The van der Waals surface area contributed by atoms with Gasteiger partial charge in [-0.1, -0.05) is 24.3 Å². The molecule has 0 amide bonds. The monoisotopic (exact) mass is 362 g/mol. The van der Waals surface area contributed by atoms with Crippen LogP contribution in [0.4, 0.5) is 0 Å². The maximum Gasteiger partial charge on any atom is 0.240 e. The van der Waals surface area contributed by atoms with E-state index in [0.29, 0.717) is 11.5 Å². The lowest BCUT2D eigenvalue weighted by atomic mass is 9.95. The van der Waals surface area contributed by atoms with E-state index in [0.717, 1.165) is 18.5 Å². The molecule has 0 radical (unpaired) electrons. The summed E-state index contributed by atoms with van der Waals surface area (Å²) in [6.45, 7) is 1.12. The van der Waals surface area contributed by atoms with Crippen LogP contribution in [0.1, 0.15) is 17.2 Å². The van der Waals surface area contributed by atoms with Crippen molar-refractivity contribution >= 4 is 10.0 Å². The Morgan fingerprint density at radius 1 is 1.12 bits per heavy atom. The summed E-state index contributed by atoms with van der Waals surface area (Å²) in [6.07, 6.45) is 0.953. The third-order valence-corrected chi connectivity index (χ3v) is 5.78. The topological polar surface area (TPSA) is 76.7 Å². The zero-order valence-electron chi connectivity index (χ0n) is 14.3. The quantitative estimate of drug-likeness (QED) is 0.820. The summed E-state index contributed by atoms with van der Waals surface area (Å²) in [7, 11) is -0.658. The van der Waals surface area contributed by atoms with Gasteiger partial charge in [0.05, 0.1) is 19.1 Å². The number of nitrogens with one attached hydrogen (secondary N) is 2. The molecule has 7 heteroatoms. The lowest BCUT2D eigenvalue weighted by Crippen LogP contribution is -2.38. The van der Waals surface area contributed by atoms with Gasteiger partial charge in [-0.05, 0) is 36.2 Å². The fourth-order valence-electron chi connectivity index (χ4n) is 3.04. The fourth-order valence-corrected chi connectivity index (χ4v) is 4.10. The van der Waals surface area contributed by atoms with Crippen molar-refractivity contribution in [3.05, 3.63) is 53.6 Å². The van der Waals surface area contributed by atoms with Crippen molar-refractivity contribution in [3.63, 3.8) is 0 Å². The van der Waals surface area contributed by atoms with E-state index in [-0.39, 0.29) is 17.5 Å². The molecule has 0 bridgehead atoms. The van der Waals surface area contributed by atoms with Crippen LogP contribution in [0.25, 0.3) is 0 Å². The van der Waals surface area contributed by atoms with Crippen LogP contribution in [0.2, 0.25) is 0 Å². The van der Waals surface area contributed by atoms with Crippen molar-refractivity contribution in [1.82, 2.24) is 10.0 Å². The van der Waals surface area contributed by atoms with Gasteiger partial charge in [-0.25, -0.2) is 13.1 Å². The van der Waals surface area contributed by atoms with Crippen molar-refractivity contribution < 1.29 is 17.9 Å². The van der Waals surface area contributed by atoms with Gasteiger partial charge in [0.1, 0.15) is 0 Å². The molecule has 2 aromatic rings. The van der Waals surface area contributed by atoms with Gasteiger partial charge in [0.15, 0.2) is 11.5 Å². The molecule has 0 aliphatic carbocycles. The van der Waals surface area contributed by atoms with E-state index in [1.807, 2.05) is 18.2 Å². The molecule has 1 heterocycles. The molecule has 6 nitrogen and oxygen atoms in total. The number of methoxy groups -OCH3 is 2. The predicted octanol–water partition coefficient (Wildman–Crippen LogP) is 1.87. The van der Waals surface area contributed by atoms with Gasteiger partial charge in [0.2, 0.25) is 10.0 Å². The molecule has 3 rings (SSSR count). The van der Waals surface area contributed by atoms with Crippen LogP contribution in [-0.2, 0) is 16.4 Å². The SMILES string of the molecule is COc1ccc(S(=O)(=O)NCC2NCCc3ccccc32)cc1OC. The first-order valence-electron chi connectivity index (χ1n) is 8.08. The van der Waals surface area contributed by atoms with Gasteiger partial charge in [-0.15, -0.1) is 0 Å². The number of hydrogen-bond acceptors (Lipinski definition) is 5. The summed E-state index contributed by atoms with van der Waals surface area (Å²) in [5, 5.41) is 3.37. The van der Waals surface area contributed by atoms with E-state index in [4.69, 9.17) is 9.47 Å². The number of benzene rings is 2. The molecule has 134 valence electrons. The fraction of sp³-hybridized carbons (Fsp3) is 0.333.